The van der Waals surface area contributed by atoms with Gasteiger partial charge < -0.3 is 10.1 Å². The largest absolute Gasteiger partial charge is 0.493 e. The molecule has 0 saturated heterocycles. The molecule has 1 aliphatic rings. The van der Waals surface area contributed by atoms with Crippen molar-refractivity contribution in [1.29, 1.82) is 0 Å². The van der Waals surface area contributed by atoms with Crippen molar-refractivity contribution in [2.75, 3.05) is 17.2 Å². The van der Waals surface area contributed by atoms with Crippen LogP contribution in [0.4, 0.5) is 10.8 Å². The molecule has 4 aromatic rings. The van der Waals surface area contributed by atoms with Crippen molar-refractivity contribution >= 4 is 34.0 Å². The fourth-order valence-corrected chi connectivity index (χ4v) is 4.19. The highest BCUT2D eigenvalue weighted by molar-refractivity contribution is 7.14. The van der Waals surface area contributed by atoms with Crippen LogP contribution in [0.2, 0.25) is 0 Å². The van der Waals surface area contributed by atoms with E-state index < -0.39 is 0 Å². The molecule has 32 heavy (non-hydrogen) atoms. The van der Waals surface area contributed by atoms with E-state index in [4.69, 9.17) is 4.74 Å². The zero-order chi connectivity index (χ0) is 21.9. The molecule has 1 aliphatic heterocycles. The van der Waals surface area contributed by atoms with Gasteiger partial charge in [-0.05, 0) is 60.2 Å². The molecule has 158 valence electrons. The number of hydrogen-bond acceptors (Lipinski definition) is 5. The lowest BCUT2D eigenvalue weighted by atomic mass is 10.1. The molecular formula is C25H19N3O3S. The van der Waals surface area contributed by atoms with Gasteiger partial charge in [-0.3, -0.25) is 14.9 Å². The summed E-state index contributed by atoms with van der Waals surface area (Å²) in [5, 5.41) is 8.12. The van der Waals surface area contributed by atoms with Gasteiger partial charge in [0.15, 0.2) is 5.13 Å². The number of aromatic nitrogens is 1. The van der Waals surface area contributed by atoms with E-state index in [0.29, 0.717) is 28.6 Å². The summed E-state index contributed by atoms with van der Waals surface area (Å²) in [7, 11) is 0. The Hall–Kier alpha value is -3.97. The summed E-state index contributed by atoms with van der Waals surface area (Å²) in [6.07, 6.45) is 0.901. The van der Waals surface area contributed by atoms with E-state index in [2.05, 4.69) is 21.7 Å². The molecule has 2 N–H and O–H groups in total. The number of rotatable bonds is 5. The first kappa shape index (κ1) is 20.0. The molecule has 0 atom stereocenters. The monoisotopic (exact) mass is 441 g/mol. The smallest absolute Gasteiger partial charge is 0.257 e. The van der Waals surface area contributed by atoms with Crippen LogP contribution in [0.5, 0.6) is 5.75 Å². The van der Waals surface area contributed by atoms with Crippen LogP contribution in [0.3, 0.4) is 0 Å². The number of thiazole rings is 1. The minimum Gasteiger partial charge on any atom is -0.493 e. The molecule has 0 aliphatic carbocycles. The Labute approximate surface area is 188 Å². The SMILES string of the molecule is O=C(Nc1ccc(C(=O)Nc2nc(-c3ccc4c(c3)CCO4)cs2)cc1)c1ccccc1. The number of anilines is 2. The minimum atomic E-state index is -0.255. The Kier molecular flexibility index (Phi) is 5.39. The van der Waals surface area contributed by atoms with E-state index in [9.17, 15) is 9.59 Å². The number of nitrogens with zero attached hydrogens (tertiary/aromatic N) is 1. The molecule has 0 unspecified atom stereocenters. The van der Waals surface area contributed by atoms with Crippen molar-refractivity contribution < 1.29 is 14.3 Å². The van der Waals surface area contributed by atoms with Crippen molar-refractivity contribution in [1.82, 2.24) is 4.98 Å². The van der Waals surface area contributed by atoms with Crippen LogP contribution in [0.1, 0.15) is 26.3 Å². The molecule has 5 rings (SSSR count). The van der Waals surface area contributed by atoms with Crippen LogP contribution in [0.15, 0.2) is 78.2 Å². The van der Waals surface area contributed by atoms with Gasteiger partial charge in [0.1, 0.15) is 5.75 Å². The van der Waals surface area contributed by atoms with Crippen molar-refractivity contribution in [3.05, 3.63) is 94.9 Å². The van der Waals surface area contributed by atoms with Gasteiger partial charge in [0, 0.05) is 34.2 Å². The Morgan fingerprint density at radius 1 is 0.875 bits per heavy atom. The van der Waals surface area contributed by atoms with Crippen LogP contribution in [0, 0.1) is 0 Å². The predicted octanol–water partition coefficient (Wildman–Crippen LogP) is 5.25. The van der Waals surface area contributed by atoms with E-state index in [1.54, 1.807) is 36.4 Å². The first-order valence-electron chi connectivity index (χ1n) is 10.2. The van der Waals surface area contributed by atoms with Crippen molar-refractivity contribution in [2.45, 2.75) is 6.42 Å². The lowest BCUT2D eigenvalue weighted by molar-refractivity contribution is 0.102. The first-order chi connectivity index (χ1) is 15.7. The lowest BCUT2D eigenvalue weighted by Crippen LogP contribution is -2.13. The third-order valence-electron chi connectivity index (χ3n) is 5.15. The molecule has 0 radical (unpaired) electrons. The van der Waals surface area contributed by atoms with Gasteiger partial charge in [-0.1, -0.05) is 18.2 Å². The average molecular weight is 442 g/mol. The maximum atomic E-state index is 12.6. The van der Waals surface area contributed by atoms with Crippen LogP contribution >= 0.6 is 11.3 Å². The number of hydrogen-bond donors (Lipinski definition) is 2. The number of amides is 2. The molecule has 2 amide bonds. The fourth-order valence-electron chi connectivity index (χ4n) is 3.48. The molecule has 3 aromatic carbocycles. The molecule has 0 bridgehead atoms. The fraction of sp³-hybridized carbons (Fsp3) is 0.0800. The molecular weight excluding hydrogens is 422 g/mol. The number of fused-ring (bicyclic) bond motifs is 1. The summed E-state index contributed by atoms with van der Waals surface area (Å²) in [5.41, 5.74) is 4.68. The van der Waals surface area contributed by atoms with Gasteiger partial charge in [-0.15, -0.1) is 11.3 Å². The molecule has 0 fully saturated rings. The van der Waals surface area contributed by atoms with Crippen LogP contribution in [0.25, 0.3) is 11.3 Å². The Morgan fingerprint density at radius 3 is 2.44 bits per heavy atom. The molecule has 0 saturated carbocycles. The summed E-state index contributed by atoms with van der Waals surface area (Å²) < 4.78 is 5.55. The number of carbonyl (C=O) groups is 2. The second kappa shape index (κ2) is 8.64. The van der Waals surface area contributed by atoms with Crippen LogP contribution in [-0.4, -0.2) is 23.4 Å². The van der Waals surface area contributed by atoms with Gasteiger partial charge >= 0.3 is 0 Å². The average Bonchev–Trinajstić information content (AvgIpc) is 3.49. The molecule has 1 aromatic heterocycles. The number of nitrogens with one attached hydrogen (secondary N) is 2. The normalized spacial score (nSPS) is 12.0. The summed E-state index contributed by atoms with van der Waals surface area (Å²) in [5.74, 6) is 0.478. The van der Waals surface area contributed by atoms with Crippen molar-refractivity contribution in [3.8, 4) is 17.0 Å². The van der Waals surface area contributed by atoms with Gasteiger partial charge in [-0.2, -0.15) is 0 Å². The highest BCUT2D eigenvalue weighted by Gasteiger charge is 2.15. The minimum absolute atomic E-state index is 0.198. The predicted molar refractivity (Wildman–Crippen MR) is 126 cm³/mol. The second-order valence-corrected chi connectivity index (χ2v) is 8.17. The van der Waals surface area contributed by atoms with Gasteiger partial charge in [0.2, 0.25) is 0 Å². The van der Waals surface area contributed by atoms with Gasteiger partial charge in [0.25, 0.3) is 11.8 Å². The Balaban J connectivity index is 1.23. The second-order valence-electron chi connectivity index (χ2n) is 7.31. The molecule has 6 nitrogen and oxygen atoms in total. The summed E-state index contributed by atoms with van der Waals surface area (Å²) >= 11 is 1.38. The van der Waals surface area contributed by atoms with Crippen LogP contribution < -0.4 is 15.4 Å². The maximum Gasteiger partial charge on any atom is 0.257 e. The van der Waals surface area contributed by atoms with Gasteiger partial charge in [-0.25, -0.2) is 4.98 Å². The highest BCUT2D eigenvalue weighted by Crippen LogP contribution is 2.32. The summed E-state index contributed by atoms with van der Waals surface area (Å²) in [4.78, 5) is 29.4. The molecule has 2 heterocycles. The van der Waals surface area contributed by atoms with E-state index in [1.807, 2.05) is 35.7 Å². The van der Waals surface area contributed by atoms with E-state index in [1.165, 1.54) is 16.9 Å². The molecule has 7 heteroatoms. The van der Waals surface area contributed by atoms with Gasteiger partial charge in [0.05, 0.1) is 12.3 Å². The standard InChI is InChI=1S/C25H19N3O3S/c29-23(16-4-2-1-3-5-16)26-20-9-6-17(7-10-20)24(30)28-25-27-21(15-32-25)18-8-11-22-19(14-18)12-13-31-22/h1-11,14-15H,12-13H2,(H,26,29)(H,27,28,30). The van der Waals surface area contributed by atoms with Crippen LogP contribution in [-0.2, 0) is 6.42 Å². The van der Waals surface area contributed by atoms with E-state index in [-0.39, 0.29) is 11.8 Å². The zero-order valence-corrected chi connectivity index (χ0v) is 17.8. The van der Waals surface area contributed by atoms with E-state index in [0.717, 1.165) is 23.4 Å². The van der Waals surface area contributed by atoms with Crippen molar-refractivity contribution in [3.63, 3.8) is 0 Å². The summed E-state index contributed by atoms with van der Waals surface area (Å²) in [6, 6.07) is 21.8. The third kappa shape index (κ3) is 4.24. The quantitative estimate of drug-likeness (QED) is 0.443. The number of carbonyl (C=O) groups excluding carboxylic acids is 2. The first-order valence-corrected chi connectivity index (χ1v) is 11.0. The molecule has 0 spiro atoms. The van der Waals surface area contributed by atoms with E-state index >= 15 is 0 Å². The highest BCUT2D eigenvalue weighted by atomic mass is 32.1. The summed E-state index contributed by atoms with van der Waals surface area (Å²) in [6.45, 7) is 0.714. The van der Waals surface area contributed by atoms with Crippen molar-refractivity contribution in [2.24, 2.45) is 0 Å². The lowest BCUT2D eigenvalue weighted by Gasteiger charge is -2.07. The number of benzene rings is 3. The number of ether oxygens (including phenoxy) is 1. The maximum absolute atomic E-state index is 12.6. The Bertz CT molecular complexity index is 1280. The topological polar surface area (TPSA) is 80.3 Å². The Morgan fingerprint density at radius 2 is 1.62 bits per heavy atom. The zero-order valence-electron chi connectivity index (χ0n) is 17.0. The third-order valence-corrected chi connectivity index (χ3v) is 5.91.